The Morgan fingerprint density at radius 3 is 3.00 bits per heavy atom. The van der Waals surface area contributed by atoms with Crippen LogP contribution in [0, 0.1) is 0 Å². The van der Waals surface area contributed by atoms with Crippen molar-refractivity contribution >= 4 is 0 Å². The molecule has 1 heterocycles. The fourth-order valence-corrected chi connectivity index (χ4v) is 1.67. The van der Waals surface area contributed by atoms with Crippen LogP contribution in [0.4, 0.5) is 0 Å². The van der Waals surface area contributed by atoms with Gasteiger partial charge in [0, 0.05) is 13.1 Å². The minimum atomic E-state index is 0.459. The third-order valence-electron chi connectivity index (χ3n) is 2.50. The molecule has 1 aliphatic heterocycles. The first-order chi connectivity index (χ1) is 7.28. The van der Waals surface area contributed by atoms with Crippen LogP contribution in [0.3, 0.4) is 0 Å². The van der Waals surface area contributed by atoms with Gasteiger partial charge in [0.25, 0.3) is 0 Å². The summed E-state index contributed by atoms with van der Waals surface area (Å²) in [5.74, 6) is 0.920. The molecule has 0 aliphatic carbocycles. The summed E-state index contributed by atoms with van der Waals surface area (Å²) in [5.41, 5.74) is 1.28. The van der Waals surface area contributed by atoms with Crippen molar-refractivity contribution in [3.63, 3.8) is 0 Å². The van der Waals surface area contributed by atoms with Gasteiger partial charge >= 0.3 is 0 Å². The number of epoxide rings is 1. The Bertz CT molecular complexity index is 323. The van der Waals surface area contributed by atoms with Gasteiger partial charge in [0.2, 0.25) is 0 Å². The maximum Gasteiger partial charge on any atom is 0.119 e. The van der Waals surface area contributed by atoms with E-state index in [9.17, 15) is 0 Å². The number of hydrogen-bond acceptors (Lipinski definition) is 3. The summed E-state index contributed by atoms with van der Waals surface area (Å²) in [4.78, 5) is 2.27. The van der Waals surface area contributed by atoms with Gasteiger partial charge in [-0.2, -0.15) is 0 Å². The second kappa shape index (κ2) is 4.64. The molecule has 0 radical (unpaired) electrons. The van der Waals surface area contributed by atoms with Gasteiger partial charge in [-0.15, -0.1) is 0 Å². The van der Waals surface area contributed by atoms with Crippen LogP contribution < -0.4 is 4.74 Å². The van der Waals surface area contributed by atoms with Gasteiger partial charge < -0.3 is 9.47 Å². The molecule has 3 nitrogen and oxygen atoms in total. The molecule has 0 saturated carbocycles. The van der Waals surface area contributed by atoms with E-state index in [-0.39, 0.29) is 0 Å². The molecule has 0 amide bonds. The van der Waals surface area contributed by atoms with Crippen LogP contribution in [0.5, 0.6) is 5.75 Å². The van der Waals surface area contributed by atoms with Crippen molar-refractivity contribution in [1.82, 2.24) is 4.90 Å². The van der Waals surface area contributed by atoms with Crippen molar-refractivity contribution in [2.24, 2.45) is 0 Å². The lowest BCUT2D eigenvalue weighted by Crippen LogP contribution is -2.22. The molecule has 0 aromatic heterocycles. The Hall–Kier alpha value is -1.06. The number of likely N-dealkylation sites (N-methyl/N-ethyl adjacent to an activating group) is 1. The summed E-state index contributed by atoms with van der Waals surface area (Å²) < 4.78 is 10.4. The molecule has 1 fully saturated rings. The summed E-state index contributed by atoms with van der Waals surface area (Å²) in [6, 6.07) is 8.18. The smallest absolute Gasteiger partial charge is 0.119 e. The Kier molecular flexibility index (Phi) is 3.23. The number of benzene rings is 1. The van der Waals surface area contributed by atoms with E-state index in [1.165, 1.54) is 5.56 Å². The molecule has 1 atom stereocenters. The van der Waals surface area contributed by atoms with E-state index in [0.717, 1.165) is 25.4 Å². The molecule has 1 aromatic rings. The number of methoxy groups -OCH3 is 1. The third kappa shape index (κ3) is 3.22. The first-order valence-corrected chi connectivity index (χ1v) is 5.21. The van der Waals surface area contributed by atoms with E-state index in [1.807, 2.05) is 12.1 Å². The van der Waals surface area contributed by atoms with E-state index < -0.39 is 0 Å². The molecule has 0 N–H and O–H groups in total. The summed E-state index contributed by atoms with van der Waals surface area (Å²) in [6.45, 7) is 2.87. The van der Waals surface area contributed by atoms with Crippen LogP contribution in [0.2, 0.25) is 0 Å². The number of ether oxygens (including phenoxy) is 2. The first kappa shape index (κ1) is 10.5. The summed E-state index contributed by atoms with van der Waals surface area (Å²) in [7, 11) is 3.81. The van der Waals surface area contributed by atoms with Crippen molar-refractivity contribution in [3.8, 4) is 5.75 Å². The molecule has 2 rings (SSSR count). The van der Waals surface area contributed by atoms with Crippen molar-refractivity contribution in [3.05, 3.63) is 29.8 Å². The van der Waals surface area contributed by atoms with Gasteiger partial charge in [-0.25, -0.2) is 0 Å². The van der Waals surface area contributed by atoms with Gasteiger partial charge in [0.05, 0.1) is 19.8 Å². The number of hydrogen-bond donors (Lipinski definition) is 0. The average molecular weight is 207 g/mol. The summed E-state index contributed by atoms with van der Waals surface area (Å²) in [6.07, 6.45) is 0.459. The Balaban J connectivity index is 1.90. The van der Waals surface area contributed by atoms with Crippen LogP contribution >= 0.6 is 0 Å². The molecule has 82 valence electrons. The van der Waals surface area contributed by atoms with Gasteiger partial charge in [-0.05, 0) is 24.7 Å². The van der Waals surface area contributed by atoms with Gasteiger partial charge in [-0.1, -0.05) is 12.1 Å². The predicted octanol–water partition coefficient (Wildman–Crippen LogP) is 1.53. The van der Waals surface area contributed by atoms with Gasteiger partial charge in [-0.3, -0.25) is 4.90 Å². The fraction of sp³-hybridized carbons (Fsp3) is 0.500. The standard InChI is InChI=1S/C12H17NO2/c1-13(8-12-9-15-12)7-10-4-3-5-11(6-10)14-2/h3-6,12H,7-9H2,1-2H3. The highest BCUT2D eigenvalue weighted by Crippen LogP contribution is 2.15. The molecule has 3 heteroatoms. The lowest BCUT2D eigenvalue weighted by Gasteiger charge is -2.15. The van der Waals surface area contributed by atoms with Crippen molar-refractivity contribution in [1.29, 1.82) is 0 Å². The van der Waals surface area contributed by atoms with Crippen LogP contribution in [0.25, 0.3) is 0 Å². The van der Waals surface area contributed by atoms with Crippen LogP contribution in [-0.2, 0) is 11.3 Å². The predicted molar refractivity (Wildman–Crippen MR) is 59.1 cm³/mol. The van der Waals surface area contributed by atoms with Gasteiger partial charge in [0.1, 0.15) is 5.75 Å². The van der Waals surface area contributed by atoms with E-state index in [4.69, 9.17) is 9.47 Å². The van der Waals surface area contributed by atoms with Crippen molar-refractivity contribution in [2.45, 2.75) is 12.6 Å². The zero-order valence-electron chi connectivity index (χ0n) is 9.27. The van der Waals surface area contributed by atoms with Crippen LogP contribution in [0.1, 0.15) is 5.56 Å². The average Bonchev–Trinajstić information content (AvgIpc) is 3.02. The quantitative estimate of drug-likeness (QED) is 0.684. The summed E-state index contributed by atoms with van der Waals surface area (Å²) in [5, 5.41) is 0. The molecule has 1 unspecified atom stereocenters. The van der Waals surface area contributed by atoms with Gasteiger partial charge in [0.15, 0.2) is 0 Å². The van der Waals surface area contributed by atoms with Crippen LogP contribution in [0.15, 0.2) is 24.3 Å². The highest BCUT2D eigenvalue weighted by Gasteiger charge is 2.23. The number of rotatable bonds is 5. The van der Waals surface area contributed by atoms with E-state index in [0.29, 0.717) is 6.10 Å². The lowest BCUT2D eigenvalue weighted by atomic mass is 10.2. The first-order valence-electron chi connectivity index (χ1n) is 5.21. The molecular formula is C12H17NO2. The van der Waals surface area contributed by atoms with E-state index >= 15 is 0 Å². The zero-order chi connectivity index (χ0) is 10.7. The maximum atomic E-state index is 5.20. The second-order valence-electron chi connectivity index (χ2n) is 4.00. The molecule has 15 heavy (non-hydrogen) atoms. The highest BCUT2D eigenvalue weighted by atomic mass is 16.6. The SMILES string of the molecule is COc1cccc(CN(C)CC2CO2)c1. The maximum absolute atomic E-state index is 5.20. The minimum absolute atomic E-state index is 0.459. The Morgan fingerprint density at radius 2 is 2.33 bits per heavy atom. The second-order valence-corrected chi connectivity index (χ2v) is 4.00. The molecule has 0 bridgehead atoms. The van der Waals surface area contributed by atoms with Crippen molar-refractivity contribution in [2.75, 3.05) is 27.3 Å². The minimum Gasteiger partial charge on any atom is -0.497 e. The fourth-order valence-electron chi connectivity index (χ4n) is 1.67. The topological polar surface area (TPSA) is 25.0 Å². The Morgan fingerprint density at radius 1 is 1.53 bits per heavy atom. The third-order valence-corrected chi connectivity index (χ3v) is 2.50. The van der Waals surface area contributed by atoms with E-state index in [2.05, 4.69) is 24.1 Å². The number of nitrogens with zero attached hydrogens (tertiary/aromatic N) is 1. The lowest BCUT2D eigenvalue weighted by molar-refractivity contribution is 0.278. The monoisotopic (exact) mass is 207 g/mol. The molecule has 1 aliphatic rings. The largest absolute Gasteiger partial charge is 0.497 e. The summed E-state index contributed by atoms with van der Waals surface area (Å²) >= 11 is 0. The molecule has 1 aromatic carbocycles. The van der Waals surface area contributed by atoms with Crippen molar-refractivity contribution < 1.29 is 9.47 Å². The zero-order valence-corrected chi connectivity index (χ0v) is 9.27. The molecule has 0 spiro atoms. The normalized spacial score (nSPS) is 19.3. The molecular weight excluding hydrogens is 190 g/mol. The van der Waals surface area contributed by atoms with E-state index in [1.54, 1.807) is 7.11 Å². The Labute approximate surface area is 90.6 Å². The highest BCUT2D eigenvalue weighted by molar-refractivity contribution is 5.28. The molecule has 1 saturated heterocycles. The van der Waals surface area contributed by atoms with Crippen LogP contribution in [-0.4, -0.2) is 38.3 Å².